The van der Waals surface area contributed by atoms with Crippen LogP contribution in [0.5, 0.6) is 0 Å². The van der Waals surface area contributed by atoms with Crippen molar-refractivity contribution >= 4 is 5.91 Å². The summed E-state index contributed by atoms with van der Waals surface area (Å²) >= 11 is 0. The van der Waals surface area contributed by atoms with Crippen molar-refractivity contribution in [1.82, 2.24) is 5.32 Å². The molecule has 4 heteroatoms. The van der Waals surface area contributed by atoms with Gasteiger partial charge in [-0.05, 0) is 19.3 Å². The average molecular weight is 228 g/mol. The maximum absolute atomic E-state index is 12.0. The van der Waals surface area contributed by atoms with Crippen molar-refractivity contribution in [1.29, 1.82) is 0 Å². The highest BCUT2D eigenvalue weighted by molar-refractivity contribution is 5.86. The number of rotatable bonds is 5. The number of ether oxygens (including phenoxy) is 1. The van der Waals surface area contributed by atoms with Crippen LogP contribution >= 0.6 is 0 Å². The molecule has 2 unspecified atom stereocenters. The van der Waals surface area contributed by atoms with Crippen LogP contribution in [0.25, 0.3) is 0 Å². The van der Waals surface area contributed by atoms with Gasteiger partial charge in [-0.15, -0.1) is 0 Å². The maximum atomic E-state index is 12.0. The molecular formula is C12H24N2O2. The van der Waals surface area contributed by atoms with Gasteiger partial charge in [0.25, 0.3) is 0 Å². The summed E-state index contributed by atoms with van der Waals surface area (Å²) in [5.74, 6) is 0.458. The number of amides is 1. The van der Waals surface area contributed by atoms with Crippen LogP contribution in [0, 0.1) is 5.92 Å². The zero-order valence-electron chi connectivity index (χ0n) is 10.6. The summed E-state index contributed by atoms with van der Waals surface area (Å²) in [6.07, 6.45) is 2.77. The van der Waals surface area contributed by atoms with Crippen LogP contribution in [0.15, 0.2) is 0 Å². The second-order valence-electron chi connectivity index (χ2n) is 4.80. The molecule has 4 nitrogen and oxygen atoms in total. The quantitative estimate of drug-likeness (QED) is 0.739. The number of hydrogen-bond acceptors (Lipinski definition) is 3. The zero-order chi connectivity index (χ0) is 12.2. The van der Waals surface area contributed by atoms with Crippen LogP contribution in [0.2, 0.25) is 0 Å². The third-order valence-corrected chi connectivity index (χ3v) is 3.62. The van der Waals surface area contributed by atoms with E-state index in [0.717, 1.165) is 12.8 Å². The van der Waals surface area contributed by atoms with Crippen molar-refractivity contribution in [2.75, 3.05) is 13.2 Å². The van der Waals surface area contributed by atoms with Gasteiger partial charge in [-0.25, -0.2) is 0 Å². The molecule has 1 rings (SSSR count). The van der Waals surface area contributed by atoms with E-state index in [2.05, 4.69) is 26.1 Å². The van der Waals surface area contributed by atoms with Gasteiger partial charge in [0.2, 0.25) is 5.91 Å². The topological polar surface area (TPSA) is 64.4 Å². The van der Waals surface area contributed by atoms with E-state index < -0.39 is 5.54 Å². The molecule has 1 aliphatic rings. The molecule has 0 radical (unpaired) electrons. The summed E-state index contributed by atoms with van der Waals surface area (Å²) in [5, 5.41) is 3.02. The van der Waals surface area contributed by atoms with Crippen molar-refractivity contribution in [3.05, 3.63) is 0 Å². The minimum atomic E-state index is -0.805. The highest BCUT2D eigenvalue weighted by atomic mass is 16.5. The van der Waals surface area contributed by atoms with E-state index in [4.69, 9.17) is 10.5 Å². The van der Waals surface area contributed by atoms with Gasteiger partial charge < -0.3 is 15.8 Å². The first-order valence-electron chi connectivity index (χ1n) is 6.21. The fraction of sp³-hybridized carbons (Fsp3) is 0.917. The Morgan fingerprint density at radius 2 is 2.12 bits per heavy atom. The number of hydrogen-bond donors (Lipinski definition) is 2. The number of nitrogens with one attached hydrogen (secondary N) is 1. The third-order valence-electron chi connectivity index (χ3n) is 3.62. The van der Waals surface area contributed by atoms with Crippen molar-refractivity contribution in [2.45, 2.75) is 51.6 Å². The van der Waals surface area contributed by atoms with E-state index in [-0.39, 0.29) is 11.9 Å². The van der Waals surface area contributed by atoms with Crippen molar-refractivity contribution in [3.63, 3.8) is 0 Å². The summed E-state index contributed by atoms with van der Waals surface area (Å²) in [4.78, 5) is 12.0. The highest BCUT2D eigenvalue weighted by Crippen LogP contribution is 2.18. The van der Waals surface area contributed by atoms with Gasteiger partial charge in [-0.3, -0.25) is 4.79 Å². The molecule has 1 fully saturated rings. The summed E-state index contributed by atoms with van der Waals surface area (Å²) in [7, 11) is 0. The Labute approximate surface area is 97.9 Å². The predicted molar refractivity (Wildman–Crippen MR) is 64.0 cm³/mol. The minimum absolute atomic E-state index is 0.0654. The molecule has 0 aliphatic carbocycles. The molecule has 0 aromatic heterocycles. The van der Waals surface area contributed by atoms with Crippen molar-refractivity contribution in [3.8, 4) is 0 Å². The van der Waals surface area contributed by atoms with Gasteiger partial charge in [0.15, 0.2) is 0 Å². The van der Waals surface area contributed by atoms with Crippen molar-refractivity contribution in [2.24, 2.45) is 11.7 Å². The van der Waals surface area contributed by atoms with E-state index in [1.165, 1.54) is 0 Å². The monoisotopic (exact) mass is 228 g/mol. The van der Waals surface area contributed by atoms with Crippen molar-refractivity contribution < 1.29 is 9.53 Å². The highest BCUT2D eigenvalue weighted by Gasteiger charge is 2.39. The molecule has 94 valence electrons. The van der Waals surface area contributed by atoms with E-state index in [1.54, 1.807) is 0 Å². The fourth-order valence-corrected chi connectivity index (χ4v) is 2.22. The Balaban J connectivity index is 2.50. The molecule has 0 aromatic carbocycles. The Morgan fingerprint density at radius 1 is 1.50 bits per heavy atom. The summed E-state index contributed by atoms with van der Waals surface area (Å²) < 4.78 is 5.19. The molecule has 2 atom stereocenters. The van der Waals surface area contributed by atoms with Crippen LogP contribution < -0.4 is 11.1 Å². The smallest absolute Gasteiger partial charge is 0.242 e. The molecule has 0 saturated carbocycles. The molecular weight excluding hydrogens is 204 g/mol. The Morgan fingerprint density at radius 3 is 2.56 bits per heavy atom. The van der Waals surface area contributed by atoms with E-state index in [9.17, 15) is 4.79 Å². The van der Waals surface area contributed by atoms with Gasteiger partial charge in [0, 0.05) is 12.6 Å². The molecule has 16 heavy (non-hydrogen) atoms. The van der Waals surface area contributed by atoms with Gasteiger partial charge in [-0.2, -0.15) is 0 Å². The van der Waals surface area contributed by atoms with Gasteiger partial charge in [0.05, 0.1) is 6.61 Å². The van der Waals surface area contributed by atoms with Gasteiger partial charge in [0.1, 0.15) is 5.54 Å². The lowest BCUT2D eigenvalue weighted by atomic mass is 9.93. The van der Waals surface area contributed by atoms with Gasteiger partial charge >= 0.3 is 0 Å². The normalized spacial score (nSPS) is 27.1. The average Bonchev–Trinajstić information content (AvgIpc) is 2.68. The lowest BCUT2D eigenvalue weighted by molar-refractivity contribution is -0.127. The number of nitrogens with two attached hydrogens (primary N) is 1. The predicted octanol–water partition coefficient (Wildman–Crippen LogP) is 1.05. The molecule has 0 bridgehead atoms. The molecule has 1 aliphatic heterocycles. The molecule has 0 spiro atoms. The first kappa shape index (κ1) is 13.5. The van der Waals surface area contributed by atoms with Crippen LogP contribution in [-0.4, -0.2) is 30.7 Å². The van der Waals surface area contributed by atoms with Gasteiger partial charge in [-0.1, -0.05) is 26.7 Å². The first-order chi connectivity index (χ1) is 7.53. The molecule has 1 amide bonds. The lowest BCUT2D eigenvalue weighted by Crippen LogP contribution is -2.57. The molecule has 1 heterocycles. The Kier molecular flexibility index (Phi) is 4.74. The SMILES string of the molecule is CCC(CC)C(C)NC(=O)C1(N)CCOC1. The minimum Gasteiger partial charge on any atom is -0.379 e. The van der Waals surface area contributed by atoms with Crippen LogP contribution in [-0.2, 0) is 9.53 Å². The van der Waals surface area contributed by atoms with Crippen LogP contribution in [0.4, 0.5) is 0 Å². The number of carbonyl (C=O) groups is 1. The molecule has 3 N–H and O–H groups in total. The Bertz CT molecular complexity index is 233. The Hall–Kier alpha value is -0.610. The first-order valence-corrected chi connectivity index (χ1v) is 6.21. The second kappa shape index (κ2) is 5.64. The zero-order valence-corrected chi connectivity index (χ0v) is 10.6. The molecule has 1 saturated heterocycles. The fourth-order valence-electron chi connectivity index (χ4n) is 2.22. The second-order valence-corrected chi connectivity index (χ2v) is 4.80. The van der Waals surface area contributed by atoms with Crippen LogP contribution in [0.1, 0.15) is 40.0 Å². The largest absolute Gasteiger partial charge is 0.379 e. The van der Waals surface area contributed by atoms with E-state index in [1.807, 2.05) is 0 Å². The van der Waals surface area contributed by atoms with E-state index in [0.29, 0.717) is 25.6 Å². The van der Waals surface area contributed by atoms with E-state index >= 15 is 0 Å². The van der Waals surface area contributed by atoms with Crippen LogP contribution in [0.3, 0.4) is 0 Å². The summed E-state index contributed by atoms with van der Waals surface area (Å²) in [6, 6.07) is 0.184. The standard InChI is InChI=1S/C12H24N2O2/c1-4-10(5-2)9(3)14-11(15)12(13)6-7-16-8-12/h9-10H,4-8,13H2,1-3H3,(H,14,15). The third kappa shape index (κ3) is 2.95. The lowest BCUT2D eigenvalue weighted by Gasteiger charge is -2.27. The summed E-state index contributed by atoms with van der Waals surface area (Å²) in [5.41, 5.74) is 5.19. The molecule has 0 aromatic rings. The number of carbonyl (C=O) groups excluding carboxylic acids is 1. The maximum Gasteiger partial charge on any atom is 0.242 e. The summed E-state index contributed by atoms with van der Waals surface area (Å²) in [6.45, 7) is 7.27.